The summed E-state index contributed by atoms with van der Waals surface area (Å²) < 4.78 is 10.8. The molecular formula is C24H18N2O3. The predicted molar refractivity (Wildman–Crippen MR) is 112 cm³/mol. The summed E-state index contributed by atoms with van der Waals surface area (Å²) in [5.41, 5.74) is 4.01. The van der Waals surface area contributed by atoms with Crippen molar-refractivity contribution in [2.45, 2.75) is 6.92 Å². The Labute approximate surface area is 168 Å². The topological polar surface area (TPSA) is 51.1 Å². The molecule has 0 N–H and O–H groups in total. The van der Waals surface area contributed by atoms with E-state index < -0.39 is 0 Å². The molecule has 1 amide bonds. The number of rotatable bonds is 3. The van der Waals surface area contributed by atoms with Gasteiger partial charge in [-0.05, 0) is 48.9 Å². The number of hydrogen-bond acceptors (Lipinski definition) is 4. The van der Waals surface area contributed by atoms with Crippen LogP contribution >= 0.6 is 0 Å². The van der Waals surface area contributed by atoms with E-state index in [0.717, 1.165) is 22.4 Å². The van der Waals surface area contributed by atoms with Gasteiger partial charge in [0.05, 0.1) is 5.69 Å². The quantitative estimate of drug-likeness (QED) is 0.624. The first kappa shape index (κ1) is 17.3. The zero-order valence-electron chi connectivity index (χ0n) is 15.8. The Morgan fingerprint density at radius 3 is 2.59 bits per heavy atom. The zero-order chi connectivity index (χ0) is 19.8. The van der Waals surface area contributed by atoms with Crippen LogP contribution in [0.15, 0.2) is 83.5 Å². The van der Waals surface area contributed by atoms with Gasteiger partial charge in [-0.3, -0.25) is 9.69 Å². The SMILES string of the molecule is Cc1cccc(C2=N/C(=C/c3ccc4c(c3)OCO4)C(=O)N2c2ccccc2)c1. The summed E-state index contributed by atoms with van der Waals surface area (Å²) in [4.78, 5) is 19.7. The molecule has 2 aliphatic heterocycles. The van der Waals surface area contributed by atoms with Crippen molar-refractivity contribution in [3.8, 4) is 11.5 Å². The summed E-state index contributed by atoms with van der Waals surface area (Å²) >= 11 is 0. The van der Waals surface area contributed by atoms with Crippen molar-refractivity contribution < 1.29 is 14.3 Å². The highest BCUT2D eigenvalue weighted by Gasteiger charge is 2.32. The van der Waals surface area contributed by atoms with Crippen LogP contribution in [0.3, 0.4) is 0 Å². The van der Waals surface area contributed by atoms with Crippen LogP contribution in [-0.4, -0.2) is 18.5 Å². The molecule has 0 atom stereocenters. The Kier molecular flexibility index (Phi) is 4.13. The summed E-state index contributed by atoms with van der Waals surface area (Å²) in [7, 11) is 0. The van der Waals surface area contributed by atoms with Gasteiger partial charge in [0.1, 0.15) is 11.5 Å². The highest BCUT2D eigenvalue weighted by atomic mass is 16.7. The summed E-state index contributed by atoms with van der Waals surface area (Å²) in [5.74, 6) is 1.84. The molecule has 5 nitrogen and oxygen atoms in total. The average molecular weight is 382 g/mol. The van der Waals surface area contributed by atoms with Gasteiger partial charge in [0, 0.05) is 5.56 Å². The molecule has 2 heterocycles. The molecule has 0 fully saturated rings. The number of fused-ring (bicyclic) bond motifs is 1. The molecule has 29 heavy (non-hydrogen) atoms. The lowest BCUT2D eigenvalue weighted by Crippen LogP contribution is -2.32. The number of amidine groups is 1. The maximum atomic E-state index is 13.3. The fourth-order valence-corrected chi connectivity index (χ4v) is 3.47. The van der Waals surface area contributed by atoms with Crippen molar-refractivity contribution in [1.29, 1.82) is 0 Å². The standard InChI is InChI=1S/C24H18N2O3/c1-16-6-5-7-18(12-16)23-25-20(24(27)26(23)19-8-3-2-4-9-19)13-17-10-11-21-22(14-17)29-15-28-21/h2-14H,15H2,1H3/b20-13+. The number of nitrogens with zero attached hydrogens (tertiary/aromatic N) is 2. The fourth-order valence-electron chi connectivity index (χ4n) is 3.47. The molecule has 0 bridgehead atoms. The van der Waals surface area contributed by atoms with Gasteiger partial charge in [0.15, 0.2) is 11.5 Å². The summed E-state index contributed by atoms with van der Waals surface area (Å²) in [6, 6.07) is 23.2. The molecule has 5 rings (SSSR count). The van der Waals surface area contributed by atoms with E-state index in [2.05, 4.69) is 0 Å². The molecule has 0 aromatic heterocycles. The Morgan fingerprint density at radius 2 is 1.76 bits per heavy atom. The smallest absolute Gasteiger partial charge is 0.282 e. The number of amides is 1. The van der Waals surface area contributed by atoms with Crippen molar-refractivity contribution in [2.75, 3.05) is 11.7 Å². The second-order valence-electron chi connectivity index (χ2n) is 6.92. The second kappa shape index (κ2) is 6.95. The Hall–Kier alpha value is -3.86. The van der Waals surface area contributed by atoms with Gasteiger partial charge >= 0.3 is 0 Å². The number of aryl methyl sites for hydroxylation is 1. The molecule has 2 aliphatic rings. The van der Waals surface area contributed by atoms with Gasteiger partial charge in [-0.2, -0.15) is 0 Å². The van der Waals surface area contributed by atoms with E-state index in [9.17, 15) is 4.79 Å². The molecule has 142 valence electrons. The minimum Gasteiger partial charge on any atom is -0.454 e. The van der Waals surface area contributed by atoms with Crippen molar-refractivity contribution in [1.82, 2.24) is 0 Å². The molecule has 0 aliphatic carbocycles. The first-order valence-electron chi connectivity index (χ1n) is 9.36. The van der Waals surface area contributed by atoms with E-state index in [0.29, 0.717) is 23.0 Å². The van der Waals surface area contributed by atoms with Crippen LogP contribution in [0.25, 0.3) is 6.08 Å². The normalized spacial score (nSPS) is 16.4. The molecule has 0 unspecified atom stereocenters. The molecule has 0 spiro atoms. The molecule has 3 aromatic rings. The molecule has 5 heteroatoms. The van der Waals surface area contributed by atoms with Gasteiger partial charge in [-0.15, -0.1) is 0 Å². The van der Waals surface area contributed by atoms with Crippen LogP contribution in [0, 0.1) is 6.92 Å². The van der Waals surface area contributed by atoms with Gasteiger partial charge in [-0.25, -0.2) is 4.99 Å². The van der Waals surface area contributed by atoms with Gasteiger partial charge < -0.3 is 9.47 Å². The fraction of sp³-hybridized carbons (Fsp3) is 0.0833. The molecule has 0 radical (unpaired) electrons. The van der Waals surface area contributed by atoms with Crippen molar-refractivity contribution >= 4 is 23.5 Å². The Morgan fingerprint density at radius 1 is 0.931 bits per heavy atom. The Balaban J connectivity index is 1.60. The van der Waals surface area contributed by atoms with E-state index in [1.165, 1.54) is 0 Å². The summed E-state index contributed by atoms with van der Waals surface area (Å²) in [6.07, 6.45) is 1.78. The number of benzene rings is 3. The van der Waals surface area contributed by atoms with Gasteiger partial charge in [0.25, 0.3) is 5.91 Å². The summed E-state index contributed by atoms with van der Waals surface area (Å²) in [6.45, 7) is 2.24. The second-order valence-corrected chi connectivity index (χ2v) is 6.92. The third kappa shape index (κ3) is 3.17. The van der Waals surface area contributed by atoms with Gasteiger partial charge in [0.2, 0.25) is 6.79 Å². The van der Waals surface area contributed by atoms with E-state index in [1.807, 2.05) is 79.7 Å². The zero-order valence-corrected chi connectivity index (χ0v) is 15.8. The van der Waals surface area contributed by atoms with Crippen LogP contribution in [0.1, 0.15) is 16.7 Å². The van der Waals surface area contributed by atoms with E-state index in [-0.39, 0.29) is 12.7 Å². The number of carbonyl (C=O) groups excluding carboxylic acids is 1. The lowest BCUT2D eigenvalue weighted by Gasteiger charge is -2.18. The van der Waals surface area contributed by atoms with Crippen molar-refractivity contribution in [3.63, 3.8) is 0 Å². The molecule has 3 aromatic carbocycles. The number of para-hydroxylation sites is 1. The van der Waals surface area contributed by atoms with E-state index in [1.54, 1.807) is 11.0 Å². The Bertz CT molecular complexity index is 1170. The lowest BCUT2D eigenvalue weighted by atomic mass is 10.1. The van der Waals surface area contributed by atoms with Crippen LogP contribution in [0.2, 0.25) is 0 Å². The molecular weight excluding hydrogens is 364 g/mol. The van der Waals surface area contributed by atoms with Crippen LogP contribution < -0.4 is 14.4 Å². The highest BCUT2D eigenvalue weighted by molar-refractivity contribution is 6.33. The average Bonchev–Trinajstić information content (AvgIpc) is 3.33. The number of anilines is 1. The highest BCUT2D eigenvalue weighted by Crippen LogP contribution is 2.34. The maximum absolute atomic E-state index is 13.3. The van der Waals surface area contributed by atoms with Gasteiger partial charge in [-0.1, -0.05) is 48.0 Å². The van der Waals surface area contributed by atoms with E-state index in [4.69, 9.17) is 14.5 Å². The molecule has 0 saturated carbocycles. The van der Waals surface area contributed by atoms with Crippen molar-refractivity contribution in [3.05, 3.63) is 95.2 Å². The third-order valence-corrected chi connectivity index (χ3v) is 4.85. The van der Waals surface area contributed by atoms with Crippen LogP contribution in [0.4, 0.5) is 5.69 Å². The predicted octanol–water partition coefficient (Wildman–Crippen LogP) is 4.56. The third-order valence-electron chi connectivity index (χ3n) is 4.85. The first-order chi connectivity index (χ1) is 14.2. The number of hydrogen-bond donors (Lipinski definition) is 0. The minimum absolute atomic E-state index is 0.162. The van der Waals surface area contributed by atoms with Crippen LogP contribution in [-0.2, 0) is 4.79 Å². The summed E-state index contributed by atoms with van der Waals surface area (Å²) in [5, 5.41) is 0. The minimum atomic E-state index is -0.162. The van der Waals surface area contributed by atoms with E-state index >= 15 is 0 Å². The largest absolute Gasteiger partial charge is 0.454 e. The number of aliphatic imine (C=N–C) groups is 1. The monoisotopic (exact) mass is 382 g/mol. The maximum Gasteiger partial charge on any atom is 0.282 e. The first-order valence-corrected chi connectivity index (χ1v) is 9.36. The molecule has 0 saturated heterocycles. The number of carbonyl (C=O) groups is 1. The number of ether oxygens (including phenoxy) is 2. The van der Waals surface area contributed by atoms with Crippen LogP contribution in [0.5, 0.6) is 11.5 Å². The van der Waals surface area contributed by atoms with Crippen molar-refractivity contribution in [2.24, 2.45) is 4.99 Å². The lowest BCUT2D eigenvalue weighted by molar-refractivity contribution is -0.113.